The molecule has 0 spiro atoms. The number of aliphatic hydroxyl groups excluding tert-OH is 1. The van der Waals surface area contributed by atoms with Gasteiger partial charge in [0.1, 0.15) is 6.61 Å². The van der Waals surface area contributed by atoms with Gasteiger partial charge >= 0.3 is 11.9 Å². The first kappa shape index (κ1) is 58.1. The van der Waals surface area contributed by atoms with Crippen LogP contribution < -0.4 is 0 Å². The summed E-state index contributed by atoms with van der Waals surface area (Å²) in [6.45, 7) is 3.96. The van der Waals surface area contributed by atoms with Gasteiger partial charge in [-0.15, -0.1) is 0 Å². The highest BCUT2D eigenvalue weighted by Crippen LogP contribution is 2.16. The molecule has 1 N–H and O–H groups in total. The number of esters is 2. The van der Waals surface area contributed by atoms with Crippen LogP contribution in [0.5, 0.6) is 0 Å². The second-order valence-corrected chi connectivity index (χ2v) is 16.9. The van der Waals surface area contributed by atoms with Crippen LogP contribution in [0.4, 0.5) is 0 Å². The first-order valence-electron chi connectivity index (χ1n) is 25.6. The summed E-state index contributed by atoms with van der Waals surface area (Å²) in [5.41, 5.74) is 0. The molecular formula is C56H96O5. The molecule has 0 rings (SSSR count). The predicted molar refractivity (Wildman–Crippen MR) is 265 cm³/mol. The van der Waals surface area contributed by atoms with Crippen molar-refractivity contribution in [2.75, 3.05) is 13.2 Å². The number of hydrogen-bond acceptors (Lipinski definition) is 5. The molecule has 0 radical (unpaired) electrons. The fourth-order valence-corrected chi connectivity index (χ4v) is 7.09. The highest BCUT2D eigenvalue weighted by molar-refractivity contribution is 5.70. The van der Waals surface area contributed by atoms with E-state index < -0.39 is 6.10 Å². The van der Waals surface area contributed by atoms with Crippen molar-refractivity contribution >= 4 is 11.9 Å². The van der Waals surface area contributed by atoms with Gasteiger partial charge in [0.25, 0.3) is 0 Å². The van der Waals surface area contributed by atoms with Gasteiger partial charge in [-0.3, -0.25) is 9.59 Å². The average molecular weight is 849 g/mol. The van der Waals surface area contributed by atoms with Crippen LogP contribution in [0.1, 0.15) is 239 Å². The zero-order chi connectivity index (χ0) is 44.2. The Bertz CT molecular complexity index is 1140. The van der Waals surface area contributed by atoms with E-state index in [1.165, 1.54) is 122 Å². The molecule has 0 saturated carbocycles. The molecule has 350 valence electrons. The van der Waals surface area contributed by atoms with Gasteiger partial charge in [0.2, 0.25) is 0 Å². The molecule has 0 bridgehead atoms. The van der Waals surface area contributed by atoms with Crippen LogP contribution in [0.2, 0.25) is 0 Å². The van der Waals surface area contributed by atoms with Gasteiger partial charge in [-0.2, -0.15) is 0 Å². The molecule has 0 heterocycles. The van der Waals surface area contributed by atoms with Gasteiger partial charge in [-0.1, -0.05) is 227 Å². The number of ether oxygens (including phenoxy) is 2. The molecule has 0 aromatic carbocycles. The number of rotatable bonds is 46. The van der Waals surface area contributed by atoms with Crippen molar-refractivity contribution in [2.24, 2.45) is 0 Å². The van der Waals surface area contributed by atoms with Crippen molar-refractivity contribution in [3.63, 3.8) is 0 Å². The Balaban J connectivity index is 3.45. The van der Waals surface area contributed by atoms with Crippen LogP contribution in [0.3, 0.4) is 0 Å². The number of aliphatic hydroxyl groups is 1. The largest absolute Gasteiger partial charge is 0.462 e. The molecule has 1 atom stereocenters. The number of hydrogen-bond donors (Lipinski definition) is 1. The van der Waals surface area contributed by atoms with Crippen molar-refractivity contribution in [2.45, 2.75) is 245 Å². The third kappa shape index (κ3) is 49.6. The third-order valence-corrected chi connectivity index (χ3v) is 10.9. The summed E-state index contributed by atoms with van der Waals surface area (Å²) in [6, 6.07) is 0. The van der Waals surface area contributed by atoms with E-state index in [0.717, 1.165) is 89.9 Å². The quantitative estimate of drug-likeness (QED) is 0.0375. The molecule has 0 saturated heterocycles. The van der Waals surface area contributed by atoms with E-state index in [9.17, 15) is 14.7 Å². The van der Waals surface area contributed by atoms with Crippen molar-refractivity contribution in [1.29, 1.82) is 0 Å². The minimum atomic E-state index is -0.775. The first-order valence-corrected chi connectivity index (χ1v) is 25.6. The Morgan fingerprint density at radius 3 is 1.08 bits per heavy atom. The van der Waals surface area contributed by atoms with Crippen molar-refractivity contribution in [3.8, 4) is 0 Å². The van der Waals surface area contributed by atoms with Crippen LogP contribution >= 0.6 is 0 Å². The maximum atomic E-state index is 12.2. The summed E-state index contributed by atoms with van der Waals surface area (Å²) < 4.78 is 10.6. The lowest BCUT2D eigenvalue weighted by Gasteiger charge is -2.15. The minimum Gasteiger partial charge on any atom is -0.462 e. The molecule has 0 aliphatic carbocycles. The normalized spacial score (nSPS) is 12.9. The van der Waals surface area contributed by atoms with Crippen molar-refractivity contribution in [3.05, 3.63) is 85.1 Å². The van der Waals surface area contributed by atoms with E-state index >= 15 is 0 Å². The summed E-state index contributed by atoms with van der Waals surface area (Å²) in [6.07, 6.45) is 71.3. The molecule has 0 aromatic rings. The average Bonchev–Trinajstić information content (AvgIpc) is 3.26. The van der Waals surface area contributed by atoms with E-state index in [0.29, 0.717) is 12.8 Å². The molecule has 5 nitrogen and oxygen atoms in total. The number of carbonyl (C=O) groups is 2. The zero-order valence-corrected chi connectivity index (χ0v) is 39.9. The summed E-state index contributed by atoms with van der Waals surface area (Å²) in [5.74, 6) is -0.601. The van der Waals surface area contributed by atoms with Crippen LogP contribution in [0, 0.1) is 0 Å². The second-order valence-electron chi connectivity index (χ2n) is 16.9. The Kier molecular flexibility index (Phi) is 49.0. The van der Waals surface area contributed by atoms with Gasteiger partial charge in [0.15, 0.2) is 6.10 Å². The molecule has 0 aliphatic rings. The molecule has 5 heteroatoms. The summed E-state index contributed by atoms with van der Waals surface area (Å²) in [4.78, 5) is 24.3. The van der Waals surface area contributed by atoms with Crippen LogP contribution in [0.15, 0.2) is 85.1 Å². The monoisotopic (exact) mass is 849 g/mol. The molecule has 61 heavy (non-hydrogen) atoms. The fourth-order valence-electron chi connectivity index (χ4n) is 7.09. The highest BCUT2D eigenvalue weighted by atomic mass is 16.6. The van der Waals surface area contributed by atoms with Crippen LogP contribution in [0.25, 0.3) is 0 Å². The van der Waals surface area contributed by atoms with Crippen molar-refractivity contribution < 1.29 is 24.2 Å². The lowest BCUT2D eigenvalue weighted by atomic mass is 10.0. The topological polar surface area (TPSA) is 72.8 Å². The van der Waals surface area contributed by atoms with E-state index in [-0.39, 0.29) is 25.2 Å². The number of allylic oxidation sites excluding steroid dienone is 14. The summed E-state index contributed by atoms with van der Waals surface area (Å²) >= 11 is 0. The standard InChI is InChI=1S/C56H96O5/c1-3-5-7-9-11-13-15-16-17-18-19-20-21-22-23-24-25-26-27-28-29-30-31-32-33-34-35-36-37-38-39-40-41-43-45-47-49-51-56(59)61-54(52-57)53-60-55(58)50-48-46-44-42-14-12-10-8-6-4-2/h5,7-8,10-11,13,16-17,19-20,22-23,25-26,54,57H,3-4,6,9,12,14-15,18,21,24,27-53H2,1-2H3/b7-5-,10-8-,13-11-,17-16-,20-19-,23-22-,26-25-. The Hall–Kier alpha value is -2.92. The molecule has 0 fully saturated rings. The molecule has 0 aromatic heterocycles. The van der Waals surface area contributed by atoms with E-state index in [2.05, 4.69) is 98.9 Å². The maximum absolute atomic E-state index is 12.2. The fraction of sp³-hybridized carbons (Fsp3) is 0.714. The lowest BCUT2D eigenvalue weighted by molar-refractivity contribution is -0.161. The number of carbonyl (C=O) groups excluding carboxylic acids is 2. The smallest absolute Gasteiger partial charge is 0.306 e. The van der Waals surface area contributed by atoms with E-state index in [4.69, 9.17) is 9.47 Å². The SMILES string of the molecule is CC/C=C\C/C=C\C/C=C\C/C=C\C/C=C\C/C=C\CCCCCCCCCCCCCCCCCCCCC(=O)OC(CO)COC(=O)CCCCCCC/C=C\CCC. The van der Waals surface area contributed by atoms with Gasteiger partial charge in [0.05, 0.1) is 6.61 Å². The molecular weight excluding hydrogens is 753 g/mol. The second kappa shape index (κ2) is 51.4. The van der Waals surface area contributed by atoms with Crippen LogP contribution in [-0.4, -0.2) is 36.4 Å². The van der Waals surface area contributed by atoms with E-state index in [1.807, 2.05) is 0 Å². The van der Waals surface area contributed by atoms with Gasteiger partial charge in [-0.25, -0.2) is 0 Å². The van der Waals surface area contributed by atoms with Gasteiger partial charge in [-0.05, 0) is 83.5 Å². The van der Waals surface area contributed by atoms with Gasteiger partial charge < -0.3 is 14.6 Å². The third-order valence-electron chi connectivity index (χ3n) is 10.9. The lowest BCUT2D eigenvalue weighted by Crippen LogP contribution is -2.28. The molecule has 0 amide bonds. The Morgan fingerprint density at radius 2 is 0.705 bits per heavy atom. The molecule has 0 aliphatic heterocycles. The van der Waals surface area contributed by atoms with Crippen LogP contribution in [-0.2, 0) is 19.1 Å². The maximum Gasteiger partial charge on any atom is 0.306 e. The number of unbranched alkanes of at least 4 members (excludes halogenated alkanes) is 24. The Labute approximate surface area is 377 Å². The van der Waals surface area contributed by atoms with Gasteiger partial charge in [0, 0.05) is 12.8 Å². The van der Waals surface area contributed by atoms with E-state index in [1.54, 1.807) is 0 Å². The van der Waals surface area contributed by atoms with Crippen molar-refractivity contribution in [1.82, 2.24) is 0 Å². The molecule has 1 unspecified atom stereocenters. The first-order chi connectivity index (χ1) is 30.1. The Morgan fingerprint density at radius 1 is 0.393 bits per heavy atom. The highest BCUT2D eigenvalue weighted by Gasteiger charge is 2.16. The zero-order valence-electron chi connectivity index (χ0n) is 39.9. The predicted octanol–water partition coefficient (Wildman–Crippen LogP) is 17.0. The minimum absolute atomic E-state index is 0.0705. The summed E-state index contributed by atoms with van der Waals surface area (Å²) in [5, 5.41) is 9.58. The summed E-state index contributed by atoms with van der Waals surface area (Å²) in [7, 11) is 0.